The molecule has 7 heteroatoms. The van der Waals surface area contributed by atoms with Crippen LogP contribution in [0.1, 0.15) is 45.5 Å². The topological polar surface area (TPSA) is 76.3 Å². The molecule has 1 aliphatic rings. The van der Waals surface area contributed by atoms with Crippen LogP contribution in [0, 0.1) is 0 Å². The van der Waals surface area contributed by atoms with E-state index in [0.717, 1.165) is 5.56 Å². The van der Waals surface area contributed by atoms with Gasteiger partial charge in [0, 0.05) is 23.9 Å². The molecule has 1 fully saturated rings. The Bertz CT molecular complexity index is 804. The van der Waals surface area contributed by atoms with E-state index in [1.165, 1.54) is 19.1 Å². The normalized spacial score (nSPS) is 23.5. The second-order valence-corrected chi connectivity index (χ2v) is 8.67. The molecule has 0 aliphatic carbocycles. The standard InChI is InChI=1S/C17H23N3O3S/c1-11-5-6-12(2)20(11)13(3)17-18-16(19-23-17)14-7-9-15(10-8-14)24(4,21)22/h7-13H,5-6H2,1-4H3/t11-,12+,13-/m1/s1. The van der Waals surface area contributed by atoms with E-state index < -0.39 is 9.84 Å². The summed E-state index contributed by atoms with van der Waals surface area (Å²) in [6.45, 7) is 6.53. The molecule has 1 aromatic carbocycles. The Morgan fingerprint density at radius 3 is 2.29 bits per heavy atom. The quantitative estimate of drug-likeness (QED) is 0.844. The van der Waals surface area contributed by atoms with E-state index in [-0.39, 0.29) is 10.9 Å². The summed E-state index contributed by atoms with van der Waals surface area (Å²) in [7, 11) is -3.20. The fraction of sp³-hybridized carbons (Fsp3) is 0.529. The lowest BCUT2D eigenvalue weighted by atomic mass is 10.2. The van der Waals surface area contributed by atoms with Gasteiger partial charge in [-0.25, -0.2) is 8.42 Å². The number of likely N-dealkylation sites (tertiary alicyclic amines) is 1. The summed E-state index contributed by atoms with van der Waals surface area (Å²) < 4.78 is 28.5. The molecule has 3 atom stereocenters. The predicted octanol–water partition coefficient (Wildman–Crippen LogP) is 3.07. The van der Waals surface area contributed by atoms with Crippen LogP contribution in [0.4, 0.5) is 0 Å². The van der Waals surface area contributed by atoms with Crippen LogP contribution in [-0.2, 0) is 9.84 Å². The number of aromatic nitrogens is 2. The summed E-state index contributed by atoms with van der Waals surface area (Å²) in [6, 6.07) is 7.60. The van der Waals surface area contributed by atoms with Crippen LogP contribution < -0.4 is 0 Å². The molecular formula is C17H23N3O3S. The minimum absolute atomic E-state index is 0.0639. The summed E-state index contributed by atoms with van der Waals surface area (Å²) in [4.78, 5) is 7.20. The highest BCUT2D eigenvalue weighted by atomic mass is 32.2. The van der Waals surface area contributed by atoms with E-state index in [1.54, 1.807) is 24.3 Å². The van der Waals surface area contributed by atoms with Crippen LogP contribution in [0.3, 0.4) is 0 Å². The van der Waals surface area contributed by atoms with Crippen LogP contribution >= 0.6 is 0 Å². The molecular weight excluding hydrogens is 326 g/mol. The van der Waals surface area contributed by atoms with E-state index in [9.17, 15) is 8.42 Å². The van der Waals surface area contributed by atoms with Gasteiger partial charge in [-0.1, -0.05) is 5.16 Å². The lowest BCUT2D eigenvalue weighted by molar-refractivity contribution is 0.128. The molecule has 2 aromatic rings. The van der Waals surface area contributed by atoms with Crippen molar-refractivity contribution in [3.63, 3.8) is 0 Å². The van der Waals surface area contributed by atoms with Crippen molar-refractivity contribution < 1.29 is 12.9 Å². The van der Waals surface area contributed by atoms with Crippen LogP contribution in [0.25, 0.3) is 11.4 Å². The number of hydrogen-bond donors (Lipinski definition) is 0. The molecule has 1 aliphatic heterocycles. The van der Waals surface area contributed by atoms with Gasteiger partial charge in [-0.2, -0.15) is 4.98 Å². The van der Waals surface area contributed by atoms with Crippen molar-refractivity contribution in [2.24, 2.45) is 0 Å². The van der Waals surface area contributed by atoms with Crippen molar-refractivity contribution in [2.45, 2.75) is 56.6 Å². The summed E-state index contributed by atoms with van der Waals surface area (Å²) in [5.41, 5.74) is 0.743. The van der Waals surface area contributed by atoms with Crippen LogP contribution in [0.2, 0.25) is 0 Å². The van der Waals surface area contributed by atoms with Crippen LogP contribution in [-0.4, -0.2) is 41.8 Å². The van der Waals surface area contributed by atoms with Crippen molar-refractivity contribution in [3.05, 3.63) is 30.2 Å². The third-order valence-electron chi connectivity index (χ3n) is 4.81. The maximum atomic E-state index is 11.5. The smallest absolute Gasteiger partial charge is 0.244 e. The average Bonchev–Trinajstić information content (AvgIpc) is 3.13. The number of hydrogen-bond acceptors (Lipinski definition) is 6. The summed E-state index contributed by atoms with van der Waals surface area (Å²) >= 11 is 0. The molecule has 2 heterocycles. The Morgan fingerprint density at radius 1 is 1.17 bits per heavy atom. The molecule has 1 saturated heterocycles. The first-order valence-corrected chi connectivity index (χ1v) is 10.1. The van der Waals surface area contributed by atoms with E-state index in [1.807, 2.05) is 0 Å². The third kappa shape index (κ3) is 3.23. The zero-order valence-electron chi connectivity index (χ0n) is 14.4. The molecule has 1 aromatic heterocycles. The van der Waals surface area contributed by atoms with Crippen molar-refractivity contribution in [1.29, 1.82) is 0 Å². The summed E-state index contributed by atoms with van der Waals surface area (Å²) in [5.74, 6) is 1.08. The minimum Gasteiger partial charge on any atom is -0.337 e. The Kier molecular flexibility index (Phi) is 4.48. The number of nitrogens with zero attached hydrogens (tertiary/aromatic N) is 3. The average molecular weight is 349 g/mol. The second kappa shape index (κ2) is 6.29. The van der Waals surface area contributed by atoms with Crippen molar-refractivity contribution in [3.8, 4) is 11.4 Å². The van der Waals surface area contributed by atoms with Gasteiger partial charge >= 0.3 is 0 Å². The van der Waals surface area contributed by atoms with E-state index in [0.29, 0.717) is 23.8 Å². The number of rotatable bonds is 4. The Hall–Kier alpha value is -1.73. The molecule has 130 valence electrons. The van der Waals surface area contributed by atoms with Gasteiger partial charge in [0.05, 0.1) is 10.9 Å². The zero-order chi connectivity index (χ0) is 17.5. The SMILES string of the molecule is C[C@@H]1CC[C@H](C)N1[C@H](C)c1nc(-c2ccc(S(C)(=O)=O)cc2)no1. The van der Waals surface area contributed by atoms with E-state index in [4.69, 9.17) is 4.52 Å². The lowest BCUT2D eigenvalue weighted by Crippen LogP contribution is -2.35. The van der Waals surface area contributed by atoms with E-state index >= 15 is 0 Å². The molecule has 6 nitrogen and oxygen atoms in total. The first-order valence-electron chi connectivity index (χ1n) is 8.19. The first kappa shape index (κ1) is 17.1. The van der Waals surface area contributed by atoms with Crippen molar-refractivity contribution >= 4 is 9.84 Å². The highest BCUT2D eigenvalue weighted by Gasteiger charge is 2.34. The molecule has 0 bridgehead atoms. The molecule has 0 amide bonds. The van der Waals surface area contributed by atoms with Gasteiger partial charge in [0.15, 0.2) is 9.84 Å². The minimum atomic E-state index is -3.20. The van der Waals surface area contributed by atoms with Gasteiger partial charge in [0.2, 0.25) is 11.7 Å². The predicted molar refractivity (Wildman–Crippen MR) is 91.3 cm³/mol. The van der Waals surface area contributed by atoms with Crippen LogP contribution in [0.5, 0.6) is 0 Å². The Balaban J connectivity index is 1.83. The molecule has 0 radical (unpaired) electrons. The van der Waals surface area contributed by atoms with Gasteiger partial charge < -0.3 is 4.52 Å². The van der Waals surface area contributed by atoms with Gasteiger partial charge in [-0.3, -0.25) is 4.90 Å². The zero-order valence-corrected chi connectivity index (χ0v) is 15.2. The highest BCUT2D eigenvalue weighted by Crippen LogP contribution is 2.33. The highest BCUT2D eigenvalue weighted by molar-refractivity contribution is 7.90. The molecule has 3 rings (SSSR count). The largest absolute Gasteiger partial charge is 0.337 e. The summed E-state index contributed by atoms with van der Waals surface area (Å²) in [5, 5.41) is 4.06. The van der Waals surface area contributed by atoms with Crippen molar-refractivity contribution in [2.75, 3.05) is 6.26 Å². The summed E-state index contributed by atoms with van der Waals surface area (Å²) in [6.07, 6.45) is 3.55. The lowest BCUT2D eigenvalue weighted by Gasteiger charge is -2.30. The molecule has 24 heavy (non-hydrogen) atoms. The Labute approximate surface area is 142 Å². The van der Waals surface area contributed by atoms with Gasteiger partial charge in [-0.05, 0) is 57.9 Å². The fourth-order valence-corrected chi connectivity index (χ4v) is 4.11. The number of benzene rings is 1. The first-order chi connectivity index (χ1) is 11.3. The molecule has 0 spiro atoms. The molecule has 0 saturated carbocycles. The maximum absolute atomic E-state index is 11.5. The van der Waals surface area contributed by atoms with Gasteiger partial charge in [0.1, 0.15) is 0 Å². The molecule has 0 N–H and O–H groups in total. The van der Waals surface area contributed by atoms with E-state index in [2.05, 4.69) is 35.8 Å². The third-order valence-corrected chi connectivity index (χ3v) is 5.94. The molecule has 0 unspecified atom stereocenters. The second-order valence-electron chi connectivity index (χ2n) is 6.65. The fourth-order valence-electron chi connectivity index (χ4n) is 3.48. The maximum Gasteiger partial charge on any atom is 0.244 e. The number of sulfone groups is 1. The monoisotopic (exact) mass is 349 g/mol. The van der Waals surface area contributed by atoms with Crippen molar-refractivity contribution in [1.82, 2.24) is 15.0 Å². The Morgan fingerprint density at radius 2 is 1.75 bits per heavy atom. The van der Waals surface area contributed by atoms with Gasteiger partial charge in [0.25, 0.3) is 0 Å². The van der Waals surface area contributed by atoms with Crippen LogP contribution in [0.15, 0.2) is 33.7 Å². The van der Waals surface area contributed by atoms with Gasteiger partial charge in [-0.15, -0.1) is 0 Å².